The molecule has 6 nitrogen and oxygen atoms in total. The molecule has 1 aromatic heterocycles. The molecule has 0 aliphatic heterocycles. The van der Waals surface area contributed by atoms with Gasteiger partial charge >= 0.3 is 5.97 Å². The van der Waals surface area contributed by atoms with Gasteiger partial charge in [0, 0.05) is 28.4 Å². The van der Waals surface area contributed by atoms with Crippen LogP contribution >= 0.6 is 11.6 Å². The van der Waals surface area contributed by atoms with Crippen LogP contribution in [-0.2, 0) is 11.3 Å². The van der Waals surface area contributed by atoms with Gasteiger partial charge in [-0.05, 0) is 68.3 Å². The minimum Gasteiger partial charge on any atom is -0.461 e. The van der Waals surface area contributed by atoms with E-state index >= 15 is 0 Å². The third kappa shape index (κ3) is 5.68. The molecule has 1 heterocycles. The van der Waals surface area contributed by atoms with Gasteiger partial charge in [0.1, 0.15) is 11.5 Å². The zero-order valence-electron chi connectivity index (χ0n) is 18.6. The summed E-state index contributed by atoms with van der Waals surface area (Å²) in [6, 6.07) is 12.1. The number of rotatable bonds is 8. The fourth-order valence-electron chi connectivity index (χ4n) is 3.61. The molecule has 0 fully saturated rings. The number of aromatic amines is 1. The smallest absolute Gasteiger partial charge is 0.355 e. The highest BCUT2D eigenvalue weighted by molar-refractivity contribution is 6.30. The molecule has 3 rings (SSSR count). The number of halogens is 2. The van der Waals surface area contributed by atoms with Crippen LogP contribution in [0.3, 0.4) is 0 Å². The lowest BCUT2D eigenvalue weighted by Crippen LogP contribution is -2.35. The monoisotopic (exact) mass is 470 g/mol. The van der Waals surface area contributed by atoms with Gasteiger partial charge < -0.3 is 14.6 Å². The molecule has 0 spiro atoms. The first kappa shape index (κ1) is 24.2. The van der Waals surface area contributed by atoms with Crippen molar-refractivity contribution in [2.75, 3.05) is 13.2 Å². The zero-order chi connectivity index (χ0) is 24.1. The summed E-state index contributed by atoms with van der Waals surface area (Å²) >= 11 is 5.93. The number of benzene rings is 2. The van der Waals surface area contributed by atoms with Crippen molar-refractivity contribution in [3.63, 3.8) is 0 Å². The molecule has 0 saturated heterocycles. The van der Waals surface area contributed by atoms with Gasteiger partial charge in [-0.3, -0.25) is 9.59 Å². The fraction of sp³-hybridized carbons (Fsp3) is 0.240. The van der Waals surface area contributed by atoms with Gasteiger partial charge in [0.05, 0.1) is 13.2 Å². The number of carbonyl (C=O) groups excluding carboxylic acids is 3. The van der Waals surface area contributed by atoms with Crippen molar-refractivity contribution in [1.82, 2.24) is 9.88 Å². The number of ether oxygens (including phenoxy) is 1. The predicted molar refractivity (Wildman–Crippen MR) is 123 cm³/mol. The molecular weight excluding hydrogens is 447 g/mol. The summed E-state index contributed by atoms with van der Waals surface area (Å²) in [6.07, 6.45) is 0. The van der Waals surface area contributed by atoms with Gasteiger partial charge in [0.2, 0.25) is 0 Å². The molecule has 8 heteroatoms. The van der Waals surface area contributed by atoms with Crippen LogP contribution in [0.1, 0.15) is 54.9 Å². The van der Waals surface area contributed by atoms with E-state index < -0.39 is 11.8 Å². The Labute approximate surface area is 196 Å². The van der Waals surface area contributed by atoms with Crippen LogP contribution in [-0.4, -0.2) is 40.7 Å². The van der Waals surface area contributed by atoms with Crippen molar-refractivity contribution in [2.45, 2.75) is 27.3 Å². The molecule has 3 aromatic rings. The summed E-state index contributed by atoms with van der Waals surface area (Å²) in [5.41, 5.74) is 2.57. The van der Waals surface area contributed by atoms with Crippen molar-refractivity contribution in [3.05, 3.63) is 93.0 Å². The Hall–Kier alpha value is -3.45. The predicted octanol–water partition coefficient (Wildman–Crippen LogP) is 5.13. The third-order valence-corrected chi connectivity index (χ3v) is 5.45. The molecule has 0 unspecified atom stereocenters. The maximum atomic E-state index is 13.3. The summed E-state index contributed by atoms with van der Waals surface area (Å²) in [4.78, 5) is 43.0. The van der Waals surface area contributed by atoms with Gasteiger partial charge in [0.25, 0.3) is 5.91 Å². The molecule has 33 heavy (non-hydrogen) atoms. The second-order valence-electron chi connectivity index (χ2n) is 7.56. The first-order chi connectivity index (χ1) is 15.7. The van der Waals surface area contributed by atoms with Crippen LogP contribution in [0.2, 0.25) is 5.02 Å². The van der Waals surface area contributed by atoms with E-state index in [9.17, 15) is 18.8 Å². The van der Waals surface area contributed by atoms with Crippen molar-refractivity contribution < 1.29 is 23.5 Å². The normalized spacial score (nSPS) is 10.7. The van der Waals surface area contributed by atoms with Gasteiger partial charge in [-0.25, -0.2) is 9.18 Å². The number of hydrogen-bond acceptors (Lipinski definition) is 4. The number of esters is 1. The van der Waals surface area contributed by atoms with Crippen LogP contribution in [0.15, 0.2) is 48.5 Å². The number of carbonyl (C=O) groups is 3. The number of hydrogen-bond donors (Lipinski definition) is 1. The second kappa shape index (κ2) is 10.4. The van der Waals surface area contributed by atoms with Gasteiger partial charge in [-0.2, -0.15) is 0 Å². The lowest BCUT2D eigenvalue weighted by atomic mass is 10.0. The Balaban J connectivity index is 1.91. The maximum Gasteiger partial charge on any atom is 0.355 e. The highest BCUT2D eigenvalue weighted by atomic mass is 35.5. The van der Waals surface area contributed by atoms with Crippen LogP contribution < -0.4 is 0 Å². The Morgan fingerprint density at radius 2 is 1.67 bits per heavy atom. The Bertz CT molecular complexity index is 1170. The summed E-state index contributed by atoms with van der Waals surface area (Å²) in [7, 11) is 0. The standard InChI is InChI=1S/C25H24ClFN2O4/c1-4-33-25(32)23-15(2)22(16(3)28-23)21(30)14-29(13-17-5-11-20(27)12-6-17)24(31)18-7-9-19(26)10-8-18/h5-12,28H,4,13-14H2,1-3H3. The highest BCUT2D eigenvalue weighted by Gasteiger charge is 2.26. The Kier molecular flexibility index (Phi) is 7.66. The van der Waals surface area contributed by atoms with Crippen LogP contribution in [0.25, 0.3) is 0 Å². The molecule has 0 bridgehead atoms. The highest BCUT2D eigenvalue weighted by Crippen LogP contribution is 2.21. The largest absolute Gasteiger partial charge is 0.461 e. The summed E-state index contributed by atoms with van der Waals surface area (Å²) in [5, 5.41) is 0.484. The lowest BCUT2D eigenvalue weighted by Gasteiger charge is -2.23. The first-order valence-electron chi connectivity index (χ1n) is 10.4. The quantitative estimate of drug-likeness (QED) is 0.366. The van der Waals surface area contributed by atoms with Gasteiger partial charge in [0.15, 0.2) is 5.78 Å². The molecule has 1 amide bonds. The van der Waals surface area contributed by atoms with E-state index in [0.29, 0.717) is 33.0 Å². The van der Waals surface area contributed by atoms with E-state index in [2.05, 4.69) is 4.98 Å². The van der Waals surface area contributed by atoms with E-state index in [1.54, 1.807) is 57.2 Å². The maximum absolute atomic E-state index is 13.3. The molecule has 2 aromatic carbocycles. The van der Waals surface area contributed by atoms with E-state index in [4.69, 9.17) is 16.3 Å². The minimum atomic E-state index is -0.544. The SMILES string of the molecule is CCOC(=O)c1[nH]c(C)c(C(=O)CN(Cc2ccc(F)cc2)C(=O)c2ccc(Cl)cc2)c1C. The number of nitrogens with one attached hydrogen (secondary N) is 1. The van der Waals surface area contributed by atoms with Crippen LogP contribution in [0.4, 0.5) is 4.39 Å². The van der Waals surface area contributed by atoms with Gasteiger partial charge in [-0.15, -0.1) is 0 Å². The summed E-state index contributed by atoms with van der Waals surface area (Å²) in [6.45, 7) is 5.12. The van der Waals surface area contributed by atoms with E-state index in [1.807, 2.05) is 0 Å². The number of ketones is 1. The van der Waals surface area contributed by atoms with E-state index in [1.165, 1.54) is 17.0 Å². The van der Waals surface area contributed by atoms with E-state index in [-0.39, 0.29) is 37.1 Å². The fourth-order valence-corrected chi connectivity index (χ4v) is 3.74. The number of nitrogens with zero attached hydrogens (tertiary/aromatic N) is 1. The molecule has 172 valence electrons. The second-order valence-corrected chi connectivity index (χ2v) is 8.00. The molecule has 1 N–H and O–H groups in total. The Morgan fingerprint density at radius 3 is 2.27 bits per heavy atom. The number of Topliss-reactive ketones (excluding diaryl/α,β-unsaturated/α-hetero) is 1. The van der Waals surface area contributed by atoms with Crippen LogP contribution in [0, 0.1) is 19.7 Å². The molecule has 0 radical (unpaired) electrons. The van der Waals surface area contributed by atoms with Crippen molar-refractivity contribution in [2.24, 2.45) is 0 Å². The summed E-state index contributed by atoms with van der Waals surface area (Å²) in [5.74, 6) is -1.64. The number of amides is 1. The van der Waals surface area contributed by atoms with Crippen molar-refractivity contribution in [1.29, 1.82) is 0 Å². The molecule has 0 aliphatic rings. The molecule has 0 aliphatic carbocycles. The van der Waals surface area contributed by atoms with E-state index in [0.717, 1.165) is 0 Å². The summed E-state index contributed by atoms with van der Waals surface area (Å²) < 4.78 is 18.4. The lowest BCUT2D eigenvalue weighted by molar-refractivity contribution is 0.0519. The number of H-pyrrole nitrogens is 1. The average molecular weight is 471 g/mol. The first-order valence-corrected chi connectivity index (χ1v) is 10.8. The zero-order valence-corrected chi connectivity index (χ0v) is 19.3. The molecular formula is C25H24ClFN2O4. The topological polar surface area (TPSA) is 79.5 Å². The van der Waals surface area contributed by atoms with Crippen LogP contribution in [0.5, 0.6) is 0 Å². The molecule has 0 saturated carbocycles. The minimum absolute atomic E-state index is 0.0979. The average Bonchev–Trinajstić information content (AvgIpc) is 3.09. The van der Waals surface area contributed by atoms with Crippen molar-refractivity contribution in [3.8, 4) is 0 Å². The van der Waals surface area contributed by atoms with Crippen molar-refractivity contribution >= 4 is 29.3 Å². The number of aromatic nitrogens is 1. The Morgan fingerprint density at radius 1 is 1.03 bits per heavy atom. The van der Waals surface area contributed by atoms with Gasteiger partial charge in [-0.1, -0.05) is 23.7 Å². The number of aryl methyl sites for hydroxylation is 1. The molecule has 0 atom stereocenters. The third-order valence-electron chi connectivity index (χ3n) is 5.20.